The molecule has 0 radical (unpaired) electrons. The second-order valence-corrected chi connectivity index (χ2v) is 4.94. The Kier molecular flexibility index (Phi) is 2.28. The molecule has 0 aromatic carbocycles. The molecule has 82 valence electrons. The fourth-order valence-electron chi connectivity index (χ4n) is 2.63. The van der Waals surface area contributed by atoms with Gasteiger partial charge >= 0.3 is 0 Å². The number of aryl methyl sites for hydroxylation is 1. The molecule has 1 unspecified atom stereocenters. The summed E-state index contributed by atoms with van der Waals surface area (Å²) in [5.41, 5.74) is 2.99. The molecule has 2 aliphatic rings. The third-order valence-corrected chi connectivity index (χ3v) is 3.71. The monoisotopic (exact) mass is 205 g/mol. The number of hydrogen-bond acceptors (Lipinski definition) is 2. The van der Waals surface area contributed by atoms with E-state index in [1.54, 1.807) is 0 Å². The lowest BCUT2D eigenvalue weighted by molar-refractivity contribution is 0.567. The molecule has 1 aromatic heterocycles. The maximum atomic E-state index is 4.41. The van der Waals surface area contributed by atoms with Gasteiger partial charge in [-0.25, -0.2) is 0 Å². The SMILES string of the molecule is Cn1ncc(C2CC2)c1CC1CCCN1. The Labute approximate surface area is 90.9 Å². The molecule has 0 spiro atoms. The Balaban J connectivity index is 1.79. The molecule has 3 nitrogen and oxygen atoms in total. The molecule has 1 atom stereocenters. The average Bonchev–Trinajstić information content (AvgIpc) is 2.82. The lowest BCUT2D eigenvalue weighted by Crippen LogP contribution is -2.25. The average molecular weight is 205 g/mol. The van der Waals surface area contributed by atoms with E-state index in [0.717, 1.165) is 5.92 Å². The van der Waals surface area contributed by atoms with Gasteiger partial charge in [-0.3, -0.25) is 4.68 Å². The summed E-state index contributed by atoms with van der Waals surface area (Å²) >= 11 is 0. The van der Waals surface area contributed by atoms with E-state index in [1.165, 1.54) is 49.9 Å². The summed E-state index contributed by atoms with van der Waals surface area (Å²) in [7, 11) is 2.08. The molecular weight excluding hydrogens is 186 g/mol. The van der Waals surface area contributed by atoms with Crippen LogP contribution in [0.3, 0.4) is 0 Å². The zero-order chi connectivity index (χ0) is 10.3. The molecule has 1 saturated carbocycles. The molecule has 0 amide bonds. The van der Waals surface area contributed by atoms with E-state index in [0.29, 0.717) is 6.04 Å². The van der Waals surface area contributed by atoms with Gasteiger partial charge in [0.1, 0.15) is 0 Å². The first-order valence-electron chi connectivity index (χ1n) is 6.09. The number of rotatable bonds is 3. The van der Waals surface area contributed by atoms with E-state index in [1.807, 2.05) is 0 Å². The van der Waals surface area contributed by atoms with Gasteiger partial charge in [0.2, 0.25) is 0 Å². The van der Waals surface area contributed by atoms with E-state index in [2.05, 4.69) is 28.3 Å². The molecule has 1 saturated heterocycles. The quantitative estimate of drug-likeness (QED) is 0.812. The smallest absolute Gasteiger partial charge is 0.0527 e. The largest absolute Gasteiger partial charge is 0.314 e. The summed E-state index contributed by atoms with van der Waals surface area (Å²) in [5.74, 6) is 0.829. The van der Waals surface area contributed by atoms with Crippen molar-refractivity contribution in [3.8, 4) is 0 Å². The Morgan fingerprint density at radius 3 is 3.00 bits per heavy atom. The van der Waals surface area contributed by atoms with Crippen LogP contribution < -0.4 is 5.32 Å². The van der Waals surface area contributed by atoms with Crippen molar-refractivity contribution in [2.75, 3.05) is 6.54 Å². The van der Waals surface area contributed by atoms with Gasteiger partial charge < -0.3 is 5.32 Å². The van der Waals surface area contributed by atoms with Crippen LogP contribution >= 0.6 is 0 Å². The molecule has 0 bridgehead atoms. The normalized spacial score (nSPS) is 26.1. The van der Waals surface area contributed by atoms with E-state index in [-0.39, 0.29) is 0 Å². The predicted octanol–water partition coefficient (Wildman–Crippen LogP) is 1.59. The van der Waals surface area contributed by atoms with E-state index in [9.17, 15) is 0 Å². The highest BCUT2D eigenvalue weighted by Gasteiger charge is 2.29. The molecule has 15 heavy (non-hydrogen) atoms. The fourth-order valence-corrected chi connectivity index (χ4v) is 2.63. The minimum absolute atomic E-state index is 0.692. The molecule has 1 aliphatic carbocycles. The second-order valence-electron chi connectivity index (χ2n) is 4.94. The maximum Gasteiger partial charge on any atom is 0.0527 e. The highest BCUT2D eigenvalue weighted by atomic mass is 15.3. The topological polar surface area (TPSA) is 29.9 Å². The summed E-state index contributed by atoms with van der Waals surface area (Å²) in [4.78, 5) is 0. The van der Waals surface area contributed by atoms with Gasteiger partial charge in [0.25, 0.3) is 0 Å². The Hall–Kier alpha value is -0.830. The predicted molar refractivity (Wildman–Crippen MR) is 59.9 cm³/mol. The number of nitrogens with zero attached hydrogens (tertiary/aromatic N) is 2. The minimum Gasteiger partial charge on any atom is -0.314 e. The number of aromatic nitrogens is 2. The lowest BCUT2D eigenvalue weighted by atomic mass is 10.0. The first-order chi connectivity index (χ1) is 7.34. The van der Waals surface area contributed by atoms with Crippen molar-refractivity contribution in [1.82, 2.24) is 15.1 Å². The van der Waals surface area contributed by atoms with Crippen molar-refractivity contribution < 1.29 is 0 Å². The van der Waals surface area contributed by atoms with E-state index >= 15 is 0 Å². The lowest BCUT2D eigenvalue weighted by Gasteiger charge is -2.12. The standard InChI is InChI=1S/C12H19N3/c1-15-12(7-10-3-2-6-13-10)11(8-14-15)9-4-5-9/h8-10,13H,2-7H2,1H3. The highest BCUT2D eigenvalue weighted by Crippen LogP contribution is 2.41. The number of nitrogens with one attached hydrogen (secondary N) is 1. The van der Waals surface area contributed by atoms with Crippen LogP contribution in [0.15, 0.2) is 6.20 Å². The highest BCUT2D eigenvalue weighted by molar-refractivity contribution is 5.27. The summed E-state index contributed by atoms with van der Waals surface area (Å²) in [6.45, 7) is 1.20. The fraction of sp³-hybridized carbons (Fsp3) is 0.750. The van der Waals surface area contributed by atoms with Crippen LogP contribution in [0.5, 0.6) is 0 Å². The molecular formula is C12H19N3. The summed E-state index contributed by atoms with van der Waals surface area (Å²) < 4.78 is 2.08. The van der Waals surface area contributed by atoms with Crippen molar-refractivity contribution in [2.45, 2.75) is 44.1 Å². The van der Waals surface area contributed by atoms with Crippen LogP contribution in [0.2, 0.25) is 0 Å². The van der Waals surface area contributed by atoms with Crippen LogP contribution in [0.25, 0.3) is 0 Å². The first kappa shape index (κ1) is 9.40. The van der Waals surface area contributed by atoms with Crippen molar-refractivity contribution in [2.24, 2.45) is 7.05 Å². The van der Waals surface area contributed by atoms with Crippen LogP contribution in [0, 0.1) is 0 Å². The first-order valence-corrected chi connectivity index (χ1v) is 6.09. The summed E-state index contributed by atoms with van der Waals surface area (Å²) in [6.07, 6.45) is 8.66. The van der Waals surface area contributed by atoms with Gasteiger partial charge in [0, 0.05) is 25.2 Å². The number of hydrogen-bond donors (Lipinski definition) is 1. The second kappa shape index (κ2) is 3.63. The van der Waals surface area contributed by atoms with Crippen LogP contribution in [0.1, 0.15) is 42.9 Å². The molecule has 2 heterocycles. The van der Waals surface area contributed by atoms with Crippen molar-refractivity contribution >= 4 is 0 Å². The van der Waals surface area contributed by atoms with Crippen LogP contribution in [-0.4, -0.2) is 22.4 Å². The van der Waals surface area contributed by atoms with Gasteiger partial charge in [0.05, 0.1) is 6.20 Å². The van der Waals surface area contributed by atoms with Crippen LogP contribution in [0.4, 0.5) is 0 Å². The summed E-state index contributed by atoms with van der Waals surface area (Å²) in [5, 5.41) is 7.98. The van der Waals surface area contributed by atoms with Gasteiger partial charge in [-0.2, -0.15) is 5.10 Å². The van der Waals surface area contributed by atoms with Gasteiger partial charge in [-0.1, -0.05) is 0 Å². The minimum atomic E-state index is 0.692. The molecule has 1 N–H and O–H groups in total. The molecule has 2 fully saturated rings. The molecule has 3 heteroatoms. The summed E-state index contributed by atoms with van der Waals surface area (Å²) in [6, 6.07) is 0.692. The van der Waals surface area contributed by atoms with Crippen LogP contribution in [-0.2, 0) is 13.5 Å². The van der Waals surface area contributed by atoms with Crippen molar-refractivity contribution in [3.63, 3.8) is 0 Å². The zero-order valence-corrected chi connectivity index (χ0v) is 9.37. The Bertz CT molecular complexity index is 346. The third-order valence-electron chi connectivity index (χ3n) is 3.71. The van der Waals surface area contributed by atoms with E-state index < -0.39 is 0 Å². The molecule has 3 rings (SSSR count). The third kappa shape index (κ3) is 1.81. The molecule has 1 aromatic rings. The van der Waals surface area contributed by atoms with Crippen molar-refractivity contribution in [3.05, 3.63) is 17.5 Å². The Morgan fingerprint density at radius 1 is 1.47 bits per heavy atom. The van der Waals surface area contributed by atoms with Crippen molar-refractivity contribution in [1.29, 1.82) is 0 Å². The van der Waals surface area contributed by atoms with Gasteiger partial charge in [-0.05, 0) is 43.7 Å². The molecule has 1 aliphatic heterocycles. The Morgan fingerprint density at radius 2 is 2.33 bits per heavy atom. The van der Waals surface area contributed by atoms with Gasteiger partial charge in [0.15, 0.2) is 0 Å². The maximum absolute atomic E-state index is 4.41. The van der Waals surface area contributed by atoms with E-state index in [4.69, 9.17) is 0 Å². The van der Waals surface area contributed by atoms with Gasteiger partial charge in [-0.15, -0.1) is 0 Å². The zero-order valence-electron chi connectivity index (χ0n) is 9.37.